The third kappa shape index (κ3) is 0.765. The first kappa shape index (κ1) is 8.01. The van der Waals surface area contributed by atoms with Gasteiger partial charge in [-0.2, -0.15) is 0 Å². The summed E-state index contributed by atoms with van der Waals surface area (Å²) in [4.78, 5) is 11.4. The van der Waals surface area contributed by atoms with Crippen molar-refractivity contribution in [1.29, 1.82) is 0 Å². The van der Waals surface area contributed by atoms with E-state index in [4.69, 9.17) is 0 Å². The highest BCUT2D eigenvalue weighted by Gasteiger charge is 2.57. The zero-order valence-corrected chi connectivity index (χ0v) is 7.18. The van der Waals surface area contributed by atoms with Crippen LogP contribution in [0.25, 0.3) is 0 Å². The summed E-state index contributed by atoms with van der Waals surface area (Å²) in [7, 11) is 0. The third-order valence-corrected chi connectivity index (χ3v) is 3.29. The Labute approximate surface area is 71.3 Å². The lowest BCUT2D eigenvalue weighted by Crippen LogP contribution is -2.58. The molecule has 0 unspecified atom stereocenters. The van der Waals surface area contributed by atoms with E-state index in [1.54, 1.807) is 0 Å². The van der Waals surface area contributed by atoms with Crippen LogP contribution in [0.2, 0.25) is 0 Å². The molecule has 0 spiro atoms. The SMILES string of the molecule is C[C@]12CCNC[C@@]1(O)CNC2=O. The number of hydrogen-bond donors (Lipinski definition) is 3. The van der Waals surface area contributed by atoms with E-state index < -0.39 is 11.0 Å². The number of aliphatic hydroxyl groups is 1. The van der Waals surface area contributed by atoms with Crippen LogP contribution in [0.4, 0.5) is 0 Å². The van der Waals surface area contributed by atoms with Crippen LogP contribution < -0.4 is 10.6 Å². The van der Waals surface area contributed by atoms with Crippen molar-refractivity contribution in [2.24, 2.45) is 5.41 Å². The Hall–Kier alpha value is -0.610. The molecule has 0 aromatic carbocycles. The van der Waals surface area contributed by atoms with Crippen molar-refractivity contribution >= 4 is 5.91 Å². The van der Waals surface area contributed by atoms with Crippen molar-refractivity contribution in [3.05, 3.63) is 0 Å². The smallest absolute Gasteiger partial charge is 0.229 e. The van der Waals surface area contributed by atoms with Gasteiger partial charge in [0.25, 0.3) is 0 Å². The maximum Gasteiger partial charge on any atom is 0.229 e. The number of rotatable bonds is 0. The molecule has 3 N–H and O–H groups in total. The van der Waals surface area contributed by atoms with Gasteiger partial charge < -0.3 is 15.7 Å². The Bertz CT molecular complexity index is 231. The number of piperidine rings is 1. The van der Waals surface area contributed by atoms with E-state index in [1.165, 1.54) is 0 Å². The molecule has 1 amide bonds. The first-order valence-corrected chi connectivity index (χ1v) is 4.30. The number of fused-ring (bicyclic) bond motifs is 1. The summed E-state index contributed by atoms with van der Waals surface area (Å²) in [6.07, 6.45) is 0.718. The van der Waals surface area contributed by atoms with Gasteiger partial charge in [-0.15, -0.1) is 0 Å². The first-order valence-electron chi connectivity index (χ1n) is 4.30. The van der Waals surface area contributed by atoms with Crippen LogP contribution in [0.1, 0.15) is 13.3 Å². The summed E-state index contributed by atoms with van der Waals surface area (Å²) < 4.78 is 0. The molecular weight excluding hydrogens is 156 g/mol. The lowest BCUT2D eigenvalue weighted by atomic mass is 9.71. The van der Waals surface area contributed by atoms with Crippen LogP contribution in [0.15, 0.2) is 0 Å². The Kier molecular flexibility index (Phi) is 1.47. The van der Waals surface area contributed by atoms with E-state index in [0.29, 0.717) is 13.1 Å². The number of amides is 1. The molecule has 2 aliphatic heterocycles. The van der Waals surface area contributed by atoms with Crippen molar-refractivity contribution in [2.75, 3.05) is 19.6 Å². The predicted molar refractivity (Wildman–Crippen MR) is 43.6 cm³/mol. The molecule has 2 fully saturated rings. The average molecular weight is 170 g/mol. The molecule has 0 radical (unpaired) electrons. The molecule has 0 aromatic rings. The Balaban J connectivity index is 2.35. The molecule has 4 heteroatoms. The second-order valence-electron chi connectivity index (χ2n) is 3.97. The predicted octanol–water partition coefficient (Wildman–Crippen LogP) is -1.15. The van der Waals surface area contributed by atoms with Gasteiger partial charge in [0.05, 0.1) is 5.41 Å². The van der Waals surface area contributed by atoms with Gasteiger partial charge in [0.15, 0.2) is 0 Å². The molecule has 0 bridgehead atoms. The molecule has 0 aromatic heterocycles. The topological polar surface area (TPSA) is 61.4 Å². The minimum absolute atomic E-state index is 0.00787. The second kappa shape index (κ2) is 2.20. The van der Waals surface area contributed by atoms with Crippen molar-refractivity contribution in [1.82, 2.24) is 10.6 Å². The Morgan fingerprint density at radius 1 is 1.50 bits per heavy atom. The lowest BCUT2D eigenvalue weighted by Gasteiger charge is -2.40. The highest BCUT2D eigenvalue weighted by molar-refractivity contribution is 5.86. The highest BCUT2D eigenvalue weighted by atomic mass is 16.3. The first-order chi connectivity index (χ1) is 5.58. The third-order valence-electron chi connectivity index (χ3n) is 3.29. The minimum atomic E-state index is -0.873. The molecule has 2 saturated heterocycles. The molecule has 0 aliphatic carbocycles. The maximum absolute atomic E-state index is 11.4. The standard InChI is InChI=1S/C8H14N2O2/c1-7-2-3-9-4-8(7,12)5-10-6(7)11/h9,12H,2-5H2,1H3,(H,10,11)/t7-,8-/m1/s1. The number of carbonyl (C=O) groups excluding carboxylic acids is 1. The molecule has 2 rings (SSSR count). The van der Waals surface area contributed by atoms with Gasteiger partial charge in [-0.1, -0.05) is 0 Å². The number of nitrogens with one attached hydrogen (secondary N) is 2. The van der Waals surface area contributed by atoms with Crippen LogP contribution >= 0.6 is 0 Å². The van der Waals surface area contributed by atoms with Gasteiger partial charge in [-0.05, 0) is 19.9 Å². The maximum atomic E-state index is 11.4. The molecule has 2 heterocycles. The van der Waals surface area contributed by atoms with Crippen LogP contribution in [0.5, 0.6) is 0 Å². The zero-order valence-electron chi connectivity index (χ0n) is 7.18. The van der Waals surface area contributed by atoms with Crippen LogP contribution in [0.3, 0.4) is 0 Å². The summed E-state index contributed by atoms with van der Waals surface area (Å²) >= 11 is 0. The van der Waals surface area contributed by atoms with Crippen LogP contribution in [-0.2, 0) is 4.79 Å². The van der Waals surface area contributed by atoms with E-state index in [0.717, 1.165) is 13.0 Å². The largest absolute Gasteiger partial charge is 0.386 e. The van der Waals surface area contributed by atoms with Crippen LogP contribution in [-0.4, -0.2) is 36.2 Å². The Morgan fingerprint density at radius 3 is 2.92 bits per heavy atom. The van der Waals surface area contributed by atoms with Gasteiger partial charge in [-0.25, -0.2) is 0 Å². The fraction of sp³-hybridized carbons (Fsp3) is 0.875. The monoisotopic (exact) mass is 170 g/mol. The molecule has 12 heavy (non-hydrogen) atoms. The van der Waals surface area contributed by atoms with Gasteiger partial charge in [0.2, 0.25) is 5.91 Å². The van der Waals surface area contributed by atoms with E-state index in [2.05, 4.69) is 10.6 Å². The van der Waals surface area contributed by atoms with Crippen molar-refractivity contribution < 1.29 is 9.90 Å². The van der Waals surface area contributed by atoms with E-state index >= 15 is 0 Å². The minimum Gasteiger partial charge on any atom is -0.386 e. The molecule has 4 nitrogen and oxygen atoms in total. The summed E-state index contributed by atoms with van der Waals surface area (Å²) in [6, 6.07) is 0. The van der Waals surface area contributed by atoms with Crippen molar-refractivity contribution in [2.45, 2.75) is 18.9 Å². The quantitative estimate of drug-likeness (QED) is 0.430. The van der Waals surface area contributed by atoms with E-state index in [1.807, 2.05) is 6.92 Å². The molecular formula is C8H14N2O2. The van der Waals surface area contributed by atoms with Crippen molar-refractivity contribution in [3.8, 4) is 0 Å². The number of carbonyl (C=O) groups is 1. The van der Waals surface area contributed by atoms with Crippen LogP contribution in [0, 0.1) is 5.41 Å². The molecule has 68 valence electrons. The molecule has 2 aliphatic rings. The fourth-order valence-corrected chi connectivity index (χ4v) is 2.07. The van der Waals surface area contributed by atoms with Gasteiger partial charge in [-0.3, -0.25) is 4.79 Å². The normalized spacial score (nSPS) is 47.0. The van der Waals surface area contributed by atoms with Crippen molar-refractivity contribution in [3.63, 3.8) is 0 Å². The highest BCUT2D eigenvalue weighted by Crippen LogP contribution is 2.40. The second-order valence-corrected chi connectivity index (χ2v) is 3.97. The number of β-amino-alcohol motifs (C(OH)–C–C–N with tert-alkyl or cyclic N) is 1. The van der Waals surface area contributed by atoms with Gasteiger partial charge in [0.1, 0.15) is 5.60 Å². The van der Waals surface area contributed by atoms with E-state index in [9.17, 15) is 9.90 Å². The summed E-state index contributed by atoms with van der Waals surface area (Å²) in [5, 5.41) is 15.9. The van der Waals surface area contributed by atoms with Gasteiger partial charge >= 0.3 is 0 Å². The Morgan fingerprint density at radius 2 is 2.25 bits per heavy atom. The number of hydrogen-bond acceptors (Lipinski definition) is 3. The molecule has 2 atom stereocenters. The zero-order chi connectivity index (χ0) is 8.82. The van der Waals surface area contributed by atoms with Gasteiger partial charge in [0, 0.05) is 13.1 Å². The lowest BCUT2D eigenvalue weighted by molar-refractivity contribution is -0.138. The molecule has 0 saturated carbocycles. The summed E-state index contributed by atoms with van der Waals surface area (Å²) in [6.45, 7) is 3.56. The summed E-state index contributed by atoms with van der Waals surface area (Å²) in [5.41, 5.74) is -1.44. The summed E-state index contributed by atoms with van der Waals surface area (Å²) in [5.74, 6) is -0.00787. The average Bonchev–Trinajstić information content (AvgIpc) is 2.28. The van der Waals surface area contributed by atoms with E-state index in [-0.39, 0.29) is 5.91 Å². The fourth-order valence-electron chi connectivity index (χ4n) is 2.07.